The normalized spacial score (nSPS) is 13.0. The van der Waals surface area contributed by atoms with Crippen LogP contribution in [0.4, 0.5) is 5.69 Å². The summed E-state index contributed by atoms with van der Waals surface area (Å²) in [6.45, 7) is 6.17. The van der Waals surface area contributed by atoms with Crippen LogP contribution in [0.1, 0.15) is 27.2 Å². The third-order valence-electron chi connectivity index (χ3n) is 2.39. The number of nitrogens with two attached hydrogens (primary N) is 1. The van der Waals surface area contributed by atoms with E-state index in [-0.39, 0.29) is 5.54 Å². The molecule has 0 unspecified atom stereocenters. The van der Waals surface area contributed by atoms with Crippen molar-refractivity contribution in [1.82, 2.24) is 4.98 Å². The Hall–Kier alpha value is -1.91. The summed E-state index contributed by atoms with van der Waals surface area (Å²) < 4.78 is 0. The number of rotatable bonds is 3. The van der Waals surface area contributed by atoms with Crippen LogP contribution in [0.25, 0.3) is 0 Å². The number of aliphatic imine (C=N–C) groups is 2. The number of nitrogens with one attached hydrogen (secondary N) is 1. The van der Waals surface area contributed by atoms with E-state index in [1.807, 2.05) is 26.0 Å². The second-order valence-corrected chi connectivity index (χ2v) is 4.25. The molecule has 0 aromatic carbocycles. The van der Waals surface area contributed by atoms with Gasteiger partial charge in [-0.05, 0) is 32.4 Å². The van der Waals surface area contributed by atoms with Gasteiger partial charge in [-0.1, -0.05) is 6.92 Å². The molecule has 0 aliphatic rings. The molecule has 5 heteroatoms. The van der Waals surface area contributed by atoms with Gasteiger partial charge in [0.1, 0.15) is 0 Å². The highest BCUT2D eigenvalue weighted by Crippen LogP contribution is 2.14. The highest BCUT2D eigenvalue weighted by Gasteiger charge is 2.14. The maximum atomic E-state index is 5.32. The van der Waals surface area contributed by atoms with Gasteiger partial charge in [0, 0.05) is 6.20 Å². The molecule has 0 saturated heterocycles. The lowest BCUT2D eigenvalue weighted by Gasteiger charge is -2.18. The average molecular weight is 233 g/mol. The second-order valence-electron chi connectivity index (χ2n) is 4.25. The second kappa shape index (κ2) is 5.98. The lowest BCUT2D eigenvalue weighted by atomic mass is 10.0. The van der Waals surface area contributed by atoms with Crippen LogP contribution in [-0.4, -0.2) is 22.8 Å². The number of nitrogens with zero attached hydrogens (tertiary/aromatic N) is 3. The standard InChI is InChI=1S/C12H19N5/c1-4-12(2,3)17-11(15-9-13)16-10-6-5-7-14-8-10/h5-9H,4H2,1-3H3,(H3,13,15,16,17). The first-order valence-corrected chi connectivity index (χ1v) is 5.58. The van der Waals surface area contributed by atoms with Crippen LogP contribution in [0.3, 0.4) is 0 Å². The van der Waals surface area contributed by atoms with Gasteiger partial charge in [-0.15, -0.1) is 0 Å². The summed E-state index contributed by atoms with van der Waals surface area (Å²) in [5, 5.41) is 3.08. The maximum Gasteiger partial charge on any atom is 0.224 e. The summed E-state index contributed by atoms with van der Waals surface area (Å²) in [5.41, 5.74) is 5.98. The first kappa shape index (κ1) is 13.2. The number of pyridine rings is 1. The van der Waals surface area contributed by atoms with Crippen molar-refractivity contribution in [1.29, 1.82) is 0 Å². The summed E-state index contributed by atoms with van der Waals surface area (Å²) in [6.07, 6.45) is 5.57. The molecule has 0 bridgehead atoms. The minimum Gasteiger partial charge on any atom is -0.390 e. The molecular weight excluding hydrogens is 214 g/mol. The van der Waals surface area contributed by atoms with Gasteiger partial charge >= 0.3 is 0 Å². The smallest absolute Gasteiger partial charge is 0.224 e. The molecule has 0 spiro atoms. The van der Waals surface area contributed by atoms with E-state index in [0.29, 0.717) is 5.96 Å². The average Bonchev–Trinajstić information content (AvgIpc) is 2.30. The van der Waals surface area contributed by atoms with Crippen LogP contribution in [-0.2, 0) is 0 Å². The number of aromatic nitrogens is 1. The summed E-state index contributed by atoms with van der Waals surface area (Å²) in [4.78, 5) is 12.5. The SMILES string of the molecule is CCC(C)(C)N=C(N=CN)Nc1cccnc1. The Morgan fingerprint density at radius 2 is 2.35 bits per heavy atom. The van der Waals surface area contributed by atoms with Gasteiger partial charge in [0.05, 0.1) is 23.8 Å². The summed E-state index contributed by atoms with van der Waals surface area (Å²) >= 11 is 0. The zero-order valence-electron chi connectivity index (χ0n) is 10.5. The first-order valence-electron chi connectivity index (χ1n) is 5.58. The van der Waals surface area contributed by atoms with E-state index >= 15 is 0 Å². The van der Waals surface area contributed by atoms with Crippen LogP contribution in [0.15, 0.2) is 34.5 Å². The molecule has 1 aromatic rings. The quantitative estimate of drug-likeness (QED) is 0.619. The van der Waals surface area contributed by atoms with Crippen LogP contribution in [0.2, 0.25) is 0 Å². The topological polar surface area (TPSA) is 75.7 Å². The van der Waals surface area contributed by atoms with Gasteiger partial charge in [0.25, 0.3) is 0 Å². The number of anilines is 1. The zero-order chi connectivity index (χ0) is 12.7. The van der Waals surface area contributed by atoms with Crippen molar-refractivity contribution in [3.8, 4) is 0 Å². The fourth-order valence-corrected chi connectivity index (χ4v) is 1.09. The van der Waals surface area contributed by atoms with Crippen molar-refractivity contribution in [2.24, 2.45) is 15.7 Å². The highest BCUT2D eigenvalue weighted by molar-refractivity contribution is 5.98. The number of guanidine groups is 1. The molecule has 0 radical (unpaired) electrons. The summed E-state index contributed by atoms with van der Waals surface area (Å²) in [6, 6.07) is 3.74. The summed E-state index contributed by atoms with van der Waals surface area (Å²) in [5.74, 6) is 0.493. The van der Waals surface area contributed by atoms with Crippen LogP contribution in [0.5, 0.6) is 0 Å². The van der Waals surface area contributed by atoms with Crippen molar-refractivity contribution in [2.45, 2.75) is 32.7 Å². The van der Waals surface area contributed by atoms with Crippen molar-refractivity contribution < 1.29 is 0 Å². The van der Waals surface area contributed by atoms with E-state index in [4.69, 9.17) is 5.73 Å². The van der Waals surface area contributed by atoms with Crippen molar-refractivity contribution in [2.75, 3.05) is 5.32 Å². The Kier molecular flexibility index (Phi) is 4.63. The zero-order valence-corrected chi connectivity index (χ0v) is 10.5. The Balaban J connectivity index is 2.88. The van der Waals surface area contributed by atoms with Gasteiger partial charge < -0.3 is 11.1 Å². The molecule has 3 N–H and O–H groups in total. The van der Waals surface area contributed by atoms with Gasteiger partial charge in [-0.2, -0.15) is 0 Å². The van der Waals surface area contributed by atoms with Crippen molar-refractivity contribution in [3.05, 3.63) is 24.5 Å². The molecule has 1 rings (SSSR count). The van der Waals surface area contributed by atoms with Crippen LogP contribution < -0.4 is 11.1 Å². The Morgan fingerprint density at radius 1 is 1.59 bits per heavy atom. The maximum absolute atomic E-state index is 5.32. The van der Waals surface area contributed by atoms with E-state index in [9.17, 15) is 0 Å². The van der Waals surface area contributed by atoms with Gasteiger partial charge in [0.15, 0.2) is 0 Å². The molecule has 0 atom stereocenters. The van der Waals surface area contributed by atoms with Gasteiger partial charge in [-0.25, -0.2) is 9.98 Å². The molecule has 1 aromatic heterocycles. The molecule has 0 saturated carbocycles. The third kappa shape index (κ3) is 4.63. The Labute approximate surface area is 102 Å². The first-order chi connectivity index (χ1) is 8.07. The van der Waals surface area contributed by atoms with Crippen molar-refractivity contribution in [3.63, 3.8) is 0 Å². The van der Waals surface area contributed by atoms with Crippen molar-refractivity contribution >= 4 is 18.0 Å². The van der Waals surface area contributed by atoms with E-state index in [0.717, 1.165) is 12.1 Å². The molecule has 0 amide bonds. The molecule has 17 heavy (non-hydrogen) atoms. The molecule has 1 heterocycles. The molecular formula is C12H19N5. The fourth-order valence-electron chi connectivity index (χ4n) is 1.09. The van der Waals surface area contributed by atoms with Crippen LogP contribution >= 0.6 is 0 Å². The van der Waals surface area contributed by atoms with E-state index in [1.165, 1.54) is 6.34 Å². The predicted molar refractivity (Wildman–Crippen MR) is 72.3 cm³/mol. The van der Waals surface area contributed by atoms with Gasteiger partial charge in [-0.3, -0.25) is 4.98 Å². The molecule has 0 aliphatic carbocycles. The molecule has 92 valence electrons. The van der Waals surface area contributed by atoms with E-state index in [2.05, 4.69) is 27.2 Å². The lowest BCUT2D eigenvalue weighted by Crippen LogP contribution is -2.21. The lowest BCUT2D eigenvalue weighted by molar-refractivity contribution is 0.504. The van der Waals surface area contributed by atoms with E-state index < -0.39 is 0 Å². The molecule has 0 aliphatic heterocycles. The monoisotopic (exact) mass is 233 g/mol. The third-order valence-corrected chi connectivity index (χ3v) is 2.39. The molecule has 5 nitrogen and oxygen atoms in total. The predicted octanol–water partition coefficient (Wildman–Crippen LogP) is 2.03. The minimum atomic E-state index is -0.170. The minimum absolute atomic E-state index is 0.170. The van der Waals surface area contributed by atoms with E-state index in [1.54, 1.807) is 12.4 Å². The largest absolute Gasteiger partial charge is 0.390 e. The van der Waals surface area contributed by atoms with Crippen LogP contribution in [0, 0.1) is 0 Å². The van der Waals surface area contributed by atoms with Gasteiger partial charge in [0.2, 0.25) is 5.96 Å². The Bertz CT molecular complexity index is 395. The number of hydrogen-bond acceptors (Lipinski definition) is 2. The highest BCUT2D eigenvalue weighted by atomic mass is 15.2. The Morgan fingerprint density at radius 3 is 2.88 bits per heavy atom. The molecule has 0 fully saturated rings. The fraction of sp³-hybridized carbons (Fsp3) is 0.417. The summed E-state index contributed by atoms with van der Waals surface area (Å²) in [7, 11) is 0. The number of hydrogen-bond donors (Lipinski definition) is 2.